The molecule has 1 saturated carbocycles. The number of aryl methyl sites for hydroxylation is 1. The second kappa shape index (κ2) is 13.5. The Morgan fingerprint density at radius 3 is 2.58 bits per heavy atom. The zero-order valence-corrected chi connectivity index (χ0v) is 20.0. The molecule has 0 spiro atoms. The van der Waals surface area contributed by atoms with Gasteiger partial charge in [0.05, 0.1) is 6.10 Å². The number of unbranched alkanes of at least 4 members (excludes halogenated alkanes) is 1. The third-order valence-corrected chi connectivity index (χ3v) is 6.62. The van der Waals surface area contributed by atoms with Crippen LogP contribution in [0, 0.1) is 23.7 Å². The normalized spacial score (nSPS) is 22.4. The fraction of sp³-hybridized carbons (Fsp3) is 0.643. The number of hydrogen-bond donors (Lipinski definition) is 0. The van der Waals surface area contributed by atoms with Gasteiger partial charge in [-0.3, -0.25) is 9.59 Å². The molecule has 1 aromatic rings. The summed E-state index contributed by atoms with van der Waals surface area (Å²) in [5, 5.41) is 0. The Kier molecular flexibility index (Phi) is 11.0. The molecule has 1 aliphatic carbocycles. The summed E-state index contributed by atoms with van der Waals surface area (Å²) < 4.78 is 5.16. The third kappa shape index (κ3) is 9.41. The third-order valence-electron chi connectivity index (χ3n) is 6.62. The summed E-state index contributed by atoms with van der Waals surface area (Å²) in [6, 6.07) is 10.7. The van der Waals surface area contributed by atoms with Gasteiger partial charge >= 0.3 is 5.97 Å². The molecule has 3 heteroatoms. The minimum Gasteiger partial charge on any atom is -0.463 e. The summed E-state index contributed by atoms with van der Waals surface area (Å²) in [5.74, 6) is 2.20. The van der Waals surface area contributed by atoms with E-state index in [1.807, 2.05) is 13.8 Å². The van der Waals surface area contributed by atoms with E-state index in [2.05, 4.69) is 56.3 Å². The van der Waals surface area contributed by atoms with Gasteiger partial charge in [-0.15, -0.1) is 0 Å². The topological polar surface area (TPSA) is 43.4 Å². The quantitative estimate of drug-likeness (QED) is 0.195. The molecular weight excluding hydrogens is 384 g/mol. The maximum atomic E-state index is 12.6. The van der Waals surface area contributed by atoms with E-state index in [-0.39, 0.29) is 18.0 Å². The number of Topliss-reactive ketones (excluding diaryl/α,β-unsaturated/α-hetero) is 1. The Bertz CT molecular complexity index is 691. The van der Waals surface area contributed by atoms with Gasteiger partial charge in [-0.1, -0.05) is 62.8 Å². The van der Waals surface area contributed by atoms with E-state index in [1.165, 1.54) is 18.4 Å². The fourth-order valence-electron chi connectivity index (χ4n) is 4.77. The lowest BCUT2D eigenvalue weighted by Crippen LogP contribution is -2.17. The molecule has 0 bridgehead atoms. The van der Waals surface area contributed by atoms with Crippen molar-refractivity contribution in [2.24, 2.45) is 23.7 Å². The smallest absolute Gasteiger partial charge is 0.306 e. The maximum absolute atomic E-state index is 12.6. The van der Waals surface area contributed by atoms with Crippen molar-refractivity contribution in [2.45, 2.75) is 91.6 Å². The second-order valence-electron chi connectivity index (χ2n) is 9.76. The number of allylic oxidation sites excluding steroid dienone is 2. The van der Waals surface area contributed by atoms with Crippen LogP contribution in [0.2, 0.25) is 0 Å². The zero-order chi connectivity index (χ0) is 22.6. The Morgan fingerprint density at radius 1 is 1.13 bits per heavy atom. The first-order valence-corrected chi connectivity index (χ1v) is 12.3. The summed E-state index contributed by atoms with van der Waals surface area (Å²) in [7, 11) is 0. The van der Waals surface area contributed by atoms with Crippen LogP contribution in [-0.4, -0.2) is 17.9 Å². The number of ether oxygens (including phenoxy) is 1. The van der Waals surface area contributed by atoms with Crippen LogP contribution in [-0.2, 0) is 20.7 Å². The number of benzene rings is 1. The summed E-state index contributed by atoms with van der Waals surface area (Å²) in [4.78, 5) is 24.1. The van der Waals surface area contributed by atoms with Gasteiger partial charge in [0.1, 0.15) is 5.78 Å². The molecule has 0 saturated heterocycles. The predicted molar refractivity (Wildman–Crippen MR) is 128 cm³/mol. The molecule has 2 rings (SSSR count). The Labute approximate surface area is 189 Å². The monoisotopic (exact) mass is 426 g/mol. The van der Waals surface area contributed by atoms with Gasteiger partial charge in [-0.25, -0.2) is 0 Å². The van der Waals surface area contributed by atoms with Gasteiger partial charge in [0.25, 0.3) is 0 Å². The number of carbonyl (C=O) groups is 2. The van der Waals surface area contributed by atoms with Gasteiger partial charge in [-0.2, -0.15) is 0 Å². The van der Waals surface area contributed by atoms with Gasteiger partial charge < -0.3 is 4.74 Å². The molecule has 0 N–H and O–H groups in total. The van der Waals surface area contributed by atoms with E-state index in [0.717, 1.165) is 38.5 Å². The number of ketones is 1. The van der Waals surface area contributed by atoms with Gasteiger partial charge in [0.15, 0.2) is 0 Å². The lowest BCUT2D eigenvalue weighted by atomic mass is 9.82. The van der Waals surface area contributed by atoms with E-state index < -0.39 is 0 Å². The van der Waals surface area contributed by atoms with E-state index in [4.69, 9.17) is 4.74 Å². The Hall–Kier alpha value is -1.90. The average Bonchev–Trinajstić information content (AvgIpc) is 3.00. The van der Waals surface area contributed by atoms with Crippen molar-refractivity contribution in [1.29, 1.82) is 0 Å². The number of rotatable bonds is 13. The molecular formula is C28H42O3. The first-order valence-electron chi connectivity index (χ1n) is 12.3. The standard InChI is InChI=1S/C28H42O3/c1-21(2)31-28(30)15-11-6-5-10-14-26-25(23(4)20-27(26)29)19-17-22(3)16-18-24-12-8-7-9-13-24/h5,7-10,12-13,21-23,25-26H,6,11,14-20H2,1-4H3/b10-5-/t22-,23+,25-,26+/m0/s1. The summed E-state index contributed by atoms with van der Waals surface area (Å²) in [6.45, 7) is 8.35. The maximum Gasteiger partial charge on any atom is 0.306 e. The van der Waals surface area contributed by atoms with E-state index in [1.54, 1.807) is 0 Å². The molecule has 0 unspecified atom stereocenters. The van der Waals surface area contributed by atoms with Crippen molar-refractivity contribution in [1.82, 2.24) is 0 Å². The van der Waals surface area contributed by atoms with Crippen LogP contribution >= 0.6 is 0 Å². The first kappa shape index (κ1) is 25.4. The molecule has 0 radical (unpaired) electrons. The minimum absolute atomic E-state index is 0.0450. The molecule has 1 fully saturated rings. The van der Waals surface area contributed by atoms with Crippen LogP contribution in [0.3, 0.4) is 0 Å². The summed E-state index contributed by atoms with van der Waals surface area (Å²) >= 11 is 0. The summed E-state index contributed by atoms with van der Waals surface area (Å²) in [6.07, 6.45) is 12.7. The zero-order valence-electron chi connectivity index (χ0n) is 20.0. The second-order valence-corrected chi connectivity index (χ2v) is 9.76. The van der Waals surface area contributed by atoms with Crippen molar-refractivity contribution < 1.29 is 14.3 Å². The molecule has 4 atom stereocenters. The van der Waals surface area contributed by atoms with Gasteiger partial charge in [-0.05, 0) is 75.7 Å². The predicted octanol–water partition coefficient (Wildman–Crippen LogP) is 6.95. The lowest BCUT2D eigenvalue weighted by Gasteiger charge is -2.22. The van der Waals surface area contributed by atoms with Crippen molar-refractivity contribution in [2.75, 3.05) is 0 Å². The first-order chi connectivity index (χ1) is 14.9. The van der Waals surface area contributed by atoms with E-state index in [0.29, 0.717) is 30.0 Å². The molecule has 0 aromatic heterocycles. The highest BCUT2D eigenvalue weighted by molar-refractivity contribution is 5.84. The Balaban J connectivity index is 1.71. The van der Waals surface area contributed by atoms with Crippen LogP contribution in [0.4, 0.5) is 0 Å². The van der Waals surface area contributed by atoms with Crippen molar-refractivity contribution in [3.63, 3.8) is 0 Å². The molecule has 0 amide bonds. The number of carbonyl (C=O) groups excluding carboxylic acids is 2. The highest BCUT2D eigenvalue weighted by atomic mass is 16.5. The molecule has 0 heterocycles. The lowest BCUT2D eigenvalue weighted by molar-refractivity contribution is -0.147. The van der Waals surface area contributed by atoms with Crippen molar-refractivity contribution in [3.05, 3.63) is 48.0 Å². The minimum atomic E-state index is -0.121. The highest BCUT2D eigenvalue weighted by Crippen LogP contribution is 2.40. The van der Waals surface area contributed by atoms with Crippen molar-refractivity contribution in [3.8, 4) is 0 Å². The summed E-state index contributed by atoms with van der Waals surface area (Å²) in [5.41, 5.74) is 1.42. The highest BCUT2D eigenvalue weighted by Gasteiger charge is 2.38. The van der Waals surface area contributed by atoms with Crippen LogP contribution in [0.5, 0.6) is 0 Å². The van der Waals surface area contributed by atoms with E-state index in [9.17, 15) is 9.59 Å². The van der Waals surface area contributed by atoms with Crippen LogP contribution in [0.15, 0.2) is 42.5 Å². The molecule has 31 heavy (non-hydrogen) atoms. The largest absolute Gasteiger partial charge is 0.463 e. The van der Waals surface area contributed by atoms with Gasteiger partial charge in [0, 0.05) is 18.8 Å². The molecule has 0 aliphatic heterocycles. The van der Waals surface area contributed by atoms with E-state index >= 15 is 0 Å². The molecule has 172 valence electrons. The van der Waals surface area contributed by atoms with Crippen LogP contribution in [0.25, 0.3) is 0 Å². The van der Waals surface area contributed by atoms with Crippen LogP contribution < -0.4 is 0 Å². The molecule has 1 aliphatic rings. The Morgan fingerprint density at radius 2 is 1.87 bits per heavy atom. The van der Waals surface area contributed by atoms with Crippen LogP contribution in [0.1, 0.15) is 84.6 Å². The SMILES string of the molecule is CC(C)OC(=O)CCC/C=C\C[C@H]1C(=O)C[C@@H](C)[C@@H]1CC[C@@H](C)CCc1ccccc1. The number of hydrogen-bond acceptors (Lipinski definition) is 3. The molecule has 3 nitrogen and oxygen atoms in total. The number of esters is 1. The van der Waals surface area contributed by atoms with Gasteiger partial charge in [0.2, 0.25) is 0 Å². The van der Waals surface area contributed by atoms with Crippen molar-refractivity contribution >= 4 is 11.8 Å². The average molecular weight is 427 g/mol. The molecule has 1 aromatic carbocycles. The fourth-order valence-corrected chi connectivity index (χ4v) is 4.77.